The predicted molar refractivity (Wildman–Crippen MR) is 86.4 cm³/mol. The summed E-state index contributed by atoms with van der Waals surface area (Å²) >= 11 is 0. The molecule has 0 aliphatic heterocycles. The molecule has 0 bridgehead atoms. The predicted octanol–water partition coefficient (Wildman–Crippen LogP) is 2.55. The molecule has 1 amide bonds. The highest BCUT2D eigenvalue weighted by molar-refractivity contribution is 5.78. The molecule has 0 saturated heterocycles. The number of methoxy groups -OCH3 is 1. The van der Waals surface area contributed by atoms with Crippen LogP contribution in [-0.2, 0) is 11.3 Å². The van der Waals surface area contributed by atoms with Crippen LogP contribution in [0.25, 0.3) is 0 Å². The van der Waals surface area contributed by atoms with E-state index in [9.17, 15) is 4.79 Å². The van der Waals surface area contributed by atoms with Crippen molar-refractivity contribution in [2.45, 2.75) is 20.4 Å². The first-order valence-corrected chi connectivity index (χ1v) is 7.20. The third kappa shape index (κ3) is 5.60. The quantitative estimate of drug-likeness (QED) is 0.690. The van der Waals surface area contributed by atoms with Crippen LogP contribution < -0.4 is 4.74 Å². The van der Waals surface area contributed by atoms with E-state index in [2.05, 4.69) is 18.4 Å². The van der Waals surface area contributed by atoms with Crippen molar-refractivity contribution in [2.24, 2.45) is 0 Å². The maximum absolute atomic E-state index is 12.3. The number of carbonyl (C=O) groups is 1. The molecule has 1 aromatic carbocycles. The van der Waals surface area contributed by atoms with Gasteiger partial charge in [-0.05, 0) is 19.5 Å². The molecule has 0 radical (unpaired) electrons. The Hall–Kier alpha value is -1.81. The van der Waals surface area contributed by atoms with Gasteiger partial charge in [0.2, 0.25) is 5.91 Å². The lowest BCUT2D eigenvalue weighted by atomic mass is 10.2. The molecule has 0 saturated carbocycles. The van der Waals surface area contributed by atoms with Gasteiger partial charge in [0.05, 0.1) is 13.7 Å². The van der Waals surface area contributed by atoms with Crippen LogP contribution >= 0.6 is 0 Å². The fraction of sp³-hybridized carbons (Fsp3) is 0.471. The molecule has 0 atom stereocenters. The maximum atomic E-state index is 12.3. The SMILES string of the molecule is C=C(C)CN(CC)CC(=O)N(C)Cc1ccccc1OC. The average Bonchev–Trinajstić information content (AvgIpc) is 2.46. The monoisotopic (exact) mass is 290 g/mol. The van der Waals surface area contributed by atoms with Gasteiger partial charge < -0.3 is 9.64 Å². The Kier molecular flexibility index (Phi) is 6.96. The van der Waals surface area contributed by atoms with E-state index in [0.717, 1.165) is 30.0 Å². The fourth-order valence-electron chi connectivity index (χ4n) is 2.15. The van der Waals surface area contributed by atoms with Crippen molar-refractivity contribution in [1.82, 2.24) is 9.80 Å². The summed E-state index contributed by atoms with van der Waals surface area (Å²) in [6.07, 6.45) is 0. The first-order valence-electron chi connectivity index (χ1n) is 7.20. The minimum Gasteiger partial charge on any atom is -0.496 e. The molecular formula is C17H26N2O2. The topological polar surface area (TPSA) is 32.8 Å². The van der Waals surface area contributed by atoms with Crippen LogP contribution in [-0.4, -0.2) is 49.5 Å². The molecule has 0 aliphatic rings. The summed E-state index contributed by atoms with van der Waals surface area (Å²) < 4.78 is 5.32. The maximum Gasteiger partial charge on any atom is 0.236 e. The van der Waals surface area contributed by atoms with Gasteiger partial charge in [-0.15, -0.1) is 0 Å². The van der Waals surface area contributed by atoms with E-state index < -0.39 is 0 Å². The average molecular weight is 290 g/mol. The standard InChI is InChI=1S/C17H26N2O2/c1-6-19(11-14(2)3)13-17(20)18(4)12-15-9-7-8-10-16(15)21-5/h7-10H,2,6,11-13H2,1,3-5H3. The summed E-state index contributed by atoms with van der Waals surface area (Å²) in [5.74, 6) is 0.912. The minimum absolute atomic E-state index is 0.101. The number of ether oxygens (including phenoxy) is 1. The van der Waals surface area contributed by atoms with Crippen LogP contribution in [0.1, 0.15) is 19.4 Å². The molecule has 0 heterocycles. The second kappa shape index (κ2) is 8.47. The third-order valence-electron chi connectivity index (χ3n) is 3.33. The molecule has 0 spiro atoms. The number of likely N-dealkylation sites (N-methyl/N-ethyl adjacent to an activating group) is 2. The summed E-state index contributed by atoms with van der Waals surface area (Å²) in [5.41, 5.74) is 2.08. The smallest absolute Gasteiger partial charge is 0.236 e. The van der Waals surface area contributed by atoms with Crippen LogP contribution in [0.15, 0.2) is 36.4 Å². The Balaban J connectivity index is 2.63. The number of hydrogen-bond acceptors (Lipinski definition) is 3. The van der Waals surface area contributed by atoms with Crippen LogP contribution in [0.5, 0.6) is 5.75 Å². The summed E-state index contributed by atoms with van der Waals surface area (Å²) in [6.45, 7) is 10.5. The van der Waals surface area contributed by atoms with Gasteiger partial charge in [0, 0.05) is 25.7 Å². The molecule has 0 aromatic heterocycles. The van der Waals surface area contributed by atoms with E-state index in [4.69, 9.17) is 4.74 Å². The lowest BCUT2D eigenvalue weighted by molar-refractivity contribution is -0.131. The zero-order valence-corrected chi connectivity index (χ0v) is 13.6. The van der Waals surface area contributed by atoms with Crippen LogP contribution in [0.3, 0.4) is 0 Å². The number of amides is 1. The number of rotatable bonds is 8. The van der Waals surface area contributed by atoms with Gasteiger partial charge in [0.25, 0.3) is 0 Å². The van der Waals surface area contributed by atoms with Crippen molar-refractivity contribution in [1.29, 1.82) is 0 Å². The first-order chi connectivity index (χ1) is 9.97. The number of para-hydroxylation sites is 1. The second-order valence-corrected chi connectivity index (χ2v) is 5.32. The van der Waals surface area contributed by atoms with Crippen LogP contribution in [0.2, 0.25) is 0 Å². The summed E-state index contributed by atoms with van der Waals surface area (Å²) in [6, 6.07) is 7.77. The second-order valence-electron chi connectivity index (χ2n) is 5.32. The van der Waals surface area contributed by atoms with Crippen LogP contribution in [0.4, 0.5) is 0 Å². The minimum atomic E-state index is 0.101. The van der Waals surface area contributed by atoms with E-state index in [-0.39, 0.29) is 5.91 Å². The van der Waals surface area contributed by atoms with Crippen molar-refractivity contribution in [2.75, 3.05) is 33.8 Å². The summed E-state index contributed by atoms with van der Waals surface area (Å²) in [4.78, 5) is 16.1. The van der Waals surface area contributed by atoms with E-state index in [1.165, 1.54) is 0 Å². The third-order valence-corrected chi connectivity index (χ3v) is 3.33. The lowest BCUT2D eigenvalue weighted by Gasteiger charge is -2.24. The normalized spacial score (nSPS) is 10.5. The molecule has 4 nitrogen and oxygen atoms in total. The van der Waals surface area contributed by atoms with Gasteiger partial charge >= 0.3 is 0 Å². The zero-order valence-electron chi connectivity index (χ0n) is 13.6. The number of carbonyl (C=O) groups excluding carboxylic acids is 1. The highest BCUT2D eigenvalue weighted by Gasteiger charge is 2.15. The Morgan fingerprint density at radius 2 is 1.95 bits per heavy atom. The van der Waals surface area contributed by atoms with Gasteiger partial charge in [-0.3, -0.25) is 9.69 Å². The number of hydrogen-bond donors (Lipinski definition) is 0. The highest BCUT2D eigenvalue weighted by Crippen LogP contribution is 2.18. The molecule has 1 rings (SSSR count). The van der Waals surface area contributed by atoms with Gasteiger partial charge in [0.15, 0.2) is 0 Å². The van der Waals surface area contributed by atoms with E-state index in [1.54, 1.807) is 12.0 Å². The lowest BCUT2D eigenvalue weighted by Crippen LogP contribution is -2.38. The summed E-state index contributed by atoms with van der Waals surface area (Å²) in [5, 5.41) is 0. The molecule has 1 aromatic rings. The van der Waals surface area contributed by atoms with Gasteiger partial charge in [0.1, 0.15) is 5.75 Å². The summed E-state index contributed by atoms with van der Waals surface area (Å²) in [7, 11) is 3.47. The molecule has 0 N–H and O–H groups in total. The molecule has 0 aliphatic carbocycles. The van der Waals surface area contributed by atoms with Gasteiger partial charge in [-0.25, -0.2) is 0 Å². The van der Waals surface area contributed by atoms with Gasteiger partial charge in [-0.1, -0.05) is 37.3 Å². The Morgan fingerprint density at radius 3 is 2.52 bits per heavy atom. The fourth-order valence-corrected chi connectivity index (χ4v) is 2.15. The van der Waals surface area contributed by atoms with Crippen LogP contribution in [0, 0.1) is 0 Å². The number of nitrogens with zero attached hydrogens (tertiary/aromatic N) is 2. The first kappa shape index (κ1) is 17.2. The molecule has 4 heteroatoms. The Bertz CT molecular complexity index is 485. The molecular weight excluding hydrogens is 264 g/mol. The zero-order chi connectivity index (χ0) is 15.8. The number of benzene rings is 1. The molecule has 0 unspecified atom stereocenters. The van der Waals surface area contributed by atoms with Crippen molar-refractivity contribution in [3.8, 4) is 5.75 Å². The Morgan fingerprint density at radius 1 is 1.29 bits per heavy atom. The van der Waals surface area contributed by atoms with Gasteiger partial charge in [-0.2, -0.15) is 0 Å². The Labute approximate surface area is 128 Å². The largest absolute Gasteiger partial charge is 0.496 e. The molecule has 0 fully saturated rings. The van der Waals surface area contributed by atoms with Crippen molar-refractivity contribution in [3.63, 3.8) is 0 Å². The van der Waals surface area contributed by atoms with E-state index in [1.807, 2.05) is 38.2 Å². The van der Waals surface area contributed by atoms with Crippen molar-refractivity contribution in [3.05, 3.63) is 42.0 Å². The van der Waals surface area contributed by atoms with E-state index in [0.29, 0.717) is 13.1 Å². The van der Waals surface area contributed by atoms with E-state index >= 15 is 0 Å². The highest BCUT2D eigenvalue weighted by atomic mass is 16.5. The van der Waals surface area contributed by atoms with Crippen molar-refractivity contribution < 1.29 is 9.53 Å². The molecule has 116 valence electrons. The van der Waals surface area contributed by atoms with Crippen molar-refractivity contribution >= 4 is 5.91 Å². The molecule has 21 heavy (non-hydrogen) atoms.